The summed E-state index contributed by atoms with van der Waals surface area (Å²) in [6.07, 6.45) is 0. The van der Waals surface area contributed by atoms with Crippen LogP contribution in [0.25, 0.3) is 0 Å². The van der Waals surface area contributed by atoms with Gasteiger partial charge in [-0.05, 0) is 31.5 Å². The molecule has 1 unspecified atom stereocenters. The van der Waals surface area contributed by atoms with Crippen molar-refractivity contribution < 1.29 is 9.53 Å². The molecule has 23 heavy (non-hydrogen) atoms. The van der Waals surface area contributed by atoms with Crippen molar-refractivity contribution in [3.63, 3.8) is 0 Å². The molecule has 0 aliphatic carbocycles. The SMILES string of the molecule is CCNC(=NCC(=O)NCCOC)NC(C)c1cccc(Cl)c1. The Hall–Kier alpha value is -1.79. The number of hydrogen-bond donors (Lipinski definition) is 3. The van der Waals surface area contributed by atoms with E-state index >= 15 is 0 Å². The minimum absolute atomic E-state index is 0.0167. The van der Waals surface area contributed by atoms with Gasteiger partial charge < -0.3 is 20.7 Å². The van der Waals surface area contributed by atoms with E-state index in [1.807, 2.05) is 38.1 Å². The average Bonchev–Trinajstić information content (AvgIpc) is 2.53. The summed E-state index contributed by atoms with van der Waals surface area (Å²) in [5.74, 6) is 0.441. The van der Waals surface area contributed by atoms with Gasteiger partial charge in [0.15, 0.2) is 5.96 Å². The summed E-state index contributed by atoms with van der Waals surface area (Å²) in [7, 11) is 1.59. The Kier molecular flexibility index (Phi) is 9.09. The maximum absolute atomic E-state index is 11.7. The summed E-state index contributed by atoms with van der Waals surface area (Å²) in [5, 5.41) is 9.80. The van der Waals surface area contributed by atoms with Crippen LogP contribution in [-0.4, -0.2) is 45.2 Å². The molecule has 1 aromatic rings. The van der Waals surface area contributed by atoms with Crippen LogP contribution in [0.4, 0.5) is 0 Å². The molecule has 0 fully saturated rings. The standard InChI is InChI=1S/C16H25ClN4O2/c1-4-18-16(20-11-15(22)19-8-9-23-3)21-12(2)13-6-5-7-14(17)10-13/h5-7,10,12H,4,8-9,11H2,1-3H3,(H,19,22)(H2,18,20,21). The van der Waals surface area contributed by atoms with Gasteiger partial charge >= 0.3 is 0 Å². The third-order valence-electron chi connectivity index (χ3n) is 3.06. The molecule has 1 atom stereocenters. The predicted octanol–water partition coefficient (Wildman–Crippen LogP) is 1.72. The highest BCUT2D eigenvalue weighted by Gasteiger charge is 2.09. The maximum atomic E-state index is 11.7. The first kappa shape index (κ1) is 19.3. The lowest BCUT2D eigenvalue weighted by Gasteiger charge is -2.18. The minimum Gasteiger partial charge on any atom is -0.383 e. The van der Waals surface area contributed by atoms with Gasteiger partial charge in [0.05, 0.1) is 12.6 Å². The Bertz CT molecular complexity index is 523. The molecule has 1 aromatic carbocycles. The number of rotatable bonds is 8. The number of carbonyl (C=O) groups excluding carboxylic acids is 1. The van der Waals surface area contributed by atoms with Gasteiger partial charge in [-0.25, -0.2) is 4.99 Å². The van der Waals surface area contributed by atoms with Crippen LogP contribution < -0.4 is 16.0 Å². The highest BCUT2D eigenvalue weighted by Crippen LogP contribution is 2.17. The molecule has 0 aliphatic rings. The molecule has 1 rings (SSSR count). The molecule has 0 radical (unpaired) electrons. The second-order valence-electron chi connectivity index (χ2n) is 4.96. The fraction of sp³-hybridized carbons (Fsp3) is 0.500. The van der Waals surface area contributed by atoms with Crippen molar-refractivity contribution in [1.29, 1.82) is 0 Å². The molecule has 3 N–H and O–H groups in total. The van der Waals surface area contributed by atoms with Crippen LogP contribution >= 0.6 is 11.6 Å². The molecular formula is C16H25ClN4O2. The summed E-state index contributed by atoms with van der Waals surface area (Å²) in [5.41, 5.74) is 1.05. The zero-order chi connectivity index (χ0) is 17.1. The van der Waals surface area contributed by atoms with Gasteiger partial charge in [0.2, 0.25) is 5.91 Å². The molecule has 1 amide bonds. The summed E-state index contributed by atoms with van der Waals surface area (Å²) in [4.78, 5) is 16.0. The smallest absolute Gasteiger partial charge is 0.241 e. The van der Waals surface area contributed by atoms with E-state index in [1.165, 1.54) is 0 Å². The van der Waals surface area contributed by atoms with Gasteiger partial charge in [0.25, 0.3) is 0 Å². The quantitative estimate of drug-likeness (QED) is 0.383. The summed E-state index contributed by atoms with van der Waals surface area (Å²) in [6.45, 7) is 5.71. The van der Waals surface area contributed by atoms with Crippen molar-refractivity contribution >= 4 is 23.5 Å². The summed E-state index contributed by atoms with van der Waals surface area (Å²) in [6, 6.07) is 7.65. The highest BCUT2D eigenvalue weighted by atomic mass is 35.5. The van der Waals surface area contributed by atoms with Crippen LogP contribution in [-0.2, 0) is 9.53 Å². The van der Waals surface area contributed by atoms with Gasteiger partial charge in [0, 0.05) is 25.2 Å². The lowest BCUT2D eigenvalue weighted by Crippen LogP contribution is -2.40. The zero-order valence-corrected chi connectivity index (χ0v) is 14.6. The summed E-state index contributed by atoms with van der Waals surface area (Å²) < 4.78 is 4.88. The first-order chi connectivity index (χ1) is 11.1. The highest BCUT2D eigenvalue weighted by molar-refractivity contribution is 6.30. The van der Waals surface area contributed by atoms with E-state index in [0.29, 0.717) is 30.7 Å². The van der Waals surface area contributed by atoms with Gasteiger partial charge in [-0.2, -0.15) is 0 Å². The zero-order valence-electron chi connectivity index (χ0n) is 13.9. The monoisotopic (exact) mass is 340 g/mol. The van der Waals surface area contributed by atoms with Gasteiger partial charge in [-0.1, -0.05) is 23.7 Å². The van der Waals surface area contributed by atoms with Crippen molar-refractivity contribution in [2.45, 2.75) is 19.9 Å². The van der Waals surface area contributed by atoms with E-state index in [0.717, 1.165) is 5.56 Å². The Labute approximate surface area is 142 Å². The first-order valence-electron chi connectivity index (χ1n) is 7.62. The van der Waals surface area contributed by atoms with E-state index in [4.69, 9.17) is 16.3 Å². The number of methoxy groups -OCH3 is 1. The molecule has 0 spiro atoms. The molecule has 0 heterocycles. The second-order valence-corrected chi connectivity index (χ2v) is 5.40. The molecule has 6 nitrogen and oxygen atoms in total. The fourth-order valence-electron chi connectivity index (χ4n) is 1.88. The normalized spacial score (nSPS) is 12.6. The molecule has 0 aromatic heterocycles. The van der Waals surface area contributed by atoms with Gasteiger partial charge in [-0.3, -0.25) is 4.79 Å². The molecular weight excluding hydrogens is 316 g/mol. The molecule has 7 heteroatoms. The molecule has 0 bridgehead atoms. The number of nitrogens with zero attached hydrogens (tertiary/aromatic N) is 1. The Balaban J connectivity index is 2.59. The number of nitrogens with one attached hydrogen (secondary N) is 3. The second kappa shape index (κ2) is 10.9. The number of carbonyl (C=O) groups is 1. The molecule has 0 saturated heterocycles. The third-order valence-corrected chi connectivity index (χ3v) is 3.29. The van der Waals surface area contributed by atoms with Crippen LogP contribution in [0.15, 0.2) is 29.3 Å². The number of amides is 1. The predicted molar refractivity (Wildman–Crippen MR) is 93.9 cm³/mol. The van der Waals surface area contributed by atoms with E-state index in [2.05, 4.69) is 20.9 Å². The van der Waals surface area contributed by atoms with Crippen LogP contribution in [0.2, 0.25) is 5.02 Å². The lowest BCUT2D eigenvalue weighted by atomic mass is 10.1. The largest absolute Gasteiger partial charge is 0.383 e. The maximum Gasteiger partial charge on any atom is 0.241 e. The number of hydrogen-bond acceptors (Lipinski definition) is 3. The Morgan fingerprint density at radius 2 is 2.17 bits per heavy atom. The lowest BCUT2D eigenvalue weighted by molar-refractivity contribution is -0.119. The van der Waals surface area contributed by atoms with Crippen molar-refractivity contribution in [2.24, 2.45) is 4.99 Å². The van der Waals surface area contributed by atoms with Crippen molar-refractivity contribution in [2.75, 3.05) is 33.4 Å². The van der Waals surface area contributed by atoms with Crippen LogP contribution in [0.1, 0.15) is 25.5 Å². The van der Waals surface area contributed by atoms with E-state index in [1.54, 1.807) is 7.11 Å². The fourth-order valence-corrected chi connectivity index (χ4v) is 2.08. The van der Waals surface area contributed by atoms with Crippen molar-refractivity contribution in [3.05, 3.63) is 34.9 Å². The molecule has 0 saturated carbocycles. The van der Waals surface area contributed by atoms with E-state index in [9.17, 15) is 4.79 Å². The number of guanidine groups is 1. The average molecular weight is 341 g/mol. The Morgan fingerprint density at radius 3 is 2.83 bits per heavy atom. The number of halogens is 1. The van der Waals surface area contributed by atoms with Gasteiger partial charge in [-0.15, -0.1) is 0 Å². The van der Waals surface area contributed by atoms with E-state index < -0.39 is 0 Å². The van der Waals surface area contributed by atoms with E-state index in [-0.39, 0.29) is 18.5 Å². The first-order valence-corrected chi connectivity index (χ1v) is 8.00. The molecule has 0 aliphatic heterocycles. The number of ether oxygens (including phenoxy) is 1. The topological polar surface area (TPSA) is 74.8 Å². The van der Waals surface area contributed by atoms with Crippen molar-refractivity contribution in [3.8, 4) is 0 Å². The van der Waals surface area contributed by atoms with Crippen LogP contribution in [0.5, 0.6) is 0 Å². The number of aliphatic imine (C=N–C) groups is 1. The third kappa shape index (κ3) is 7.85. The Morgan fingerprint density at radius 1 is 1.39 bits per heavy atom. The van der Waals surface area contributed by atoms with Gasteiger partial charge in [0.1, 0.15) is 6.54 Å². The van der Waals surface area contributed by atoms with Crippen LogP contribution in [0, 0.1) is 0 Å². The minimum atomic E-state index is -0.144. The van der Waals surface area contributed by atoms with Crippen molar-refractivity contribution in [1.82, 2.24) is 16.0 Å². The summed E-state index contributed by atoms with van der Waals surface area (Å²) >= 11 is 6.01. The molecule has 128 valence electrons. The number of benzene rings is 1. The van der Waals surface area contributed by atoms with Crippen LogP contribution in [0.3, 0.4) is 0 Å².